The second kappa shape index (κ2) is 4.15. The van der Waals surface area contributed by atoms with E-state index in [9.17, 15) is 4.79 Å². The van der Waals surface area contributed by atoms with Gasteiger partial charge in [-0.2, -0.15) is 0 Å². The lowest BCUT2D eigenvalue weighted by Gasteiger charge is -2.08. The largest absolute Gasteiger partial charge is 0.363 e. The van der Waals surface area contributed by atoms with Crippen molar-refractivity contribution in [3.05, 3.63) is 35.9 Å². The van der Waals surface area contributed by atoms with Crippen LogP contribution < -0.4 is 0 Å². The van der Waals surface area contributed by atoms with Gasteiger partial charge in [-0.05, 0) is 5.56 Å². The lowest BCUT2D eigenvalue weighted by atomic mass is 10.2. The summed E-state index contributed by atoms with van der Waals surface area (Å²) < 4.78 is 5.43. The zero-order valence-electron chi connectivity index (χ0n) is 7.72. The Hall–Kier alpha value is -1.48. The van der Waals surface area contributed by atoms with E-state index in [1.165, 1.54) is 0 Å². The number of carbonyl (C=O) groups excluding carboxylic acids is 1. The zero-order valence-corrected chi connectivity index (χ0v) is 7.72. The normalized spacial score (nSPS) is 20.3. The van der Waals surface area contributed by atoms with E-state index in [0.717, 1.165) is 5.56 Å². The molecule has 3 heteroatoms. The summed E-state index contributed by atoms with van der Waals surface area (Å²) in [5, 5.41) is 0. The van der Waals surface area contributed by atoms with Gasteiger partial charge in [0.15, 0.2) is 0 Å². The van der Waals surface area contributed by atoms with E-state index in [4.69, 9.17) is 4.74 Å². The number of rotatable bonds is 3. The molecular weight excluding hydrogens is 178 g/mol. The van der Waals surface area contributed by atoms with Crippen molar-refractivity contribution in [2.75, 3.05) is 0 Å². The molecular formula is C11H11NO2. The predicted molar refractivity (Wildman–Crippen MR) is 53.1 cm³/mol. The molecule has 0 aliphatic carbocycles. The van der Waals surface area contributed by atoms with Gasteiger partial charge in [0.25, 0.3) is 5.91 Å². The monoisotopic (exact) mass is 189 g/mol. The van der Waals surface area contributed by atoms with E-state index in [2.05, 4.69) is 4.99 Å². The fourth-order valence-corrected chi connectivity index (χ4v) is 1.33. The number of aliphatic imine (C=N–C) groups is 1. The molecule has 1 aliphatic heterocycles. The molecule has 1 amide bonds. The van der Waals surface area contributed by atoms with Crippen LogP contribution in [0.1, 0.15) is 12.0 Å². The third kappa shape index (κ3) is 2.06. The second-order valence-electron chi connectivity index (χ2n) is 3.17. The predicted octanol–water partition coefficient (Wildman–Crippen LogP) is 1.57. The van der Waals surface area contributed by atoms with Crippen molar-refractivity contribution in [3.8, 4) is 0 Å². The Morgan fingerprint density at radius 3 is 2.79 bits per heavy atom. The van der Waals surface area contributed by atoms with Gasteiger partial charge in [0.2, 0.25) is 0 Å². The van der Waals surface area contributed by atoms with Gasteiger partial charge in [-0.1, -0.05) is 30.3 Å². The van der Waals surface area contributed by atoms with E-state index in [1.807, 2.05) is 30.3 Å². The molecule has 72 valence electrons. The van der Waals surface area contributed by atoms with E-state index in [1.54, 1.807) is 6.21 Å². The van der Waals surface area contributed by atoms with Crippen LogP contribution in [0.4, 0.5) is 0 Å². The molecule has 0 radical (unpaired) electrons. The first-order valence-electron chi connectivity index (χ1n) is 4.58. The SMILES string of the molecule is O=C1N=CCC1OCc1ccccc1. The Morgan fingerprint density at radius 1 is 1.36 bits per heavy atom. The van der Waals surface area contributed by atoms with Crippen LogP contribution in [0.5, 0.6) is 0 Å². The second-order valence-corrected chi connectivity index (χ2v) is 3.17. The quantitative estimate of drug-likeness (QED) is 0.724. The first-order valence-corrected chi connectivity index (χ1v) is 4.58. The van der Waals surface area contributed by atoms with Crippen molar-refractivity contribution in [2.45, 2.75) is 19.1 Å². The molecule has 1 atom stereocenters. The molecule has 0 aromatic heterocycles. The van der Waals surface area contributed by atoms with Gasteiger partial charge in [0.1, 0.15) is 6.10 Å². The molecule has 14 heavy (non-hydrogen) atoms. The summed E-state index contributed by atoms with van der Waals surface area (Å²) in [7, 11) is 0. The highest BCUT2D eigenvalue weighted by atomic mass is 16.5. The van der Waals surface area contributed by atoms with Gasteiger partial charge in [-0.3, -0.25) is 4.79 Å². The molecule has 1 aromatic rings. The van der Waals surface area contributed by atoms with Gasteiger partial charge in [-0.25, -0.2) is 4.99 Å². The maximum absolute atomic E-state index is 11.1. The standard InChI is InChI=1S/C11H11NO2/c13-11-10(6-7-12-11)14-8-9-4-2-1-3-5-9/h1-5,7,10H,6,8H2. The van der Waals surface area contributed by atoms with Crippen molar-refractivity contribution < 1.29 is 9.53 Å². The Labute approximate surface area is 82.4 Å². The molecule has 0 fully saturated rings. The molecule has 1 aromatic carbocycles. The molecule has 2 rings (SSSR count). The molecule has 1 heterocycles. The molecule has 0 saturated heterocycles. The average Bonchev–Trinajstić information content (AvgIpc) is 2.63. The van der Waals surface area contributed by atoms with Crippen LogP contribution in [0.3, 0.4) is 0 Å². The third-order valence-corrected chi connectivity index (χ3v) is 2.11. The minimum Gasteiger partial charge on any atom is -0.363 e. The molecule has 3 nitrogen and oxygen atoms in total. The summed E-state index contributed by atoms with van der Waals surface area (Å²) in [4.78, 5) is 14.7. The zero-order chi connectivity index (χ0) is 9.80. The van der Waals surface area contributed by atoms with Crippen molar-refractivity contribution in [1.29, 1.82) is 0 Å². The average molecular weight is 189 g/mol. The van der Waals surface area contributed by atoms with Crippen LogP contribution in [0.15, 0.2) is 35.3 Å². The Morgan fingerprint density at radius 2 is 2.14 bits per heavy atom. The van der Waals surface area contributed by atoms with Crippen LogP contribution in [0.25, 0.3) is 0 Å². The van der Waals surface area contributed by atoms with Gasteiger partial charge in [0, 0.05) is 12.6 Å². The lowest BCUT2D eigenvalue weighted by molar-refractivity contribution is -0.128. The van der Waals surface area contributed by atoms with Crippen LogP contribution in [-0.4, -0.2) is 18.2 Å². The summed E-state index contributed by atoms with van der Waals surface area (Å²) in [6, 6.07) is 9.80. The van der Waals surface area contributed by atoms with Crippen molar-refractivity contribution in [2.24, 2.45) is 4.99 Å². The number of carbonyl (C=O) groups is 1. The summed E-state index contributed by atoms with van der Waals surface area (Å²) in [5.41, 5.74) is 1.08. The molecule has 0 bridgehead atoms. The summed E-state index contributed by atoms with van der Waals surface area (Å²) in [6.45, 7) is 0.473. The Kier molecular flexibility index (Phi) is 2.70. The molecule has 0 N–H and O–H groups in total. The smallest absolute Gasteiger partial charge is 0.274 e. The molecule has 0 spiro atoms. The van der Waals surface area contributed by atoms with Gasteiger partial charge < -0.3 is 4.74 Å². The van der Waals surface area contributed by atoms with Gasteiger partial charge >= 0.3 is 0 Å². The fraction of sp³-hybridized carbons (Fsp3) is 0.273. The van der Waals surface area contributed by atoms with Crippen LogP contribution >= 0.6 is 0 Å². The first kappa shape index (κ1) is 9.09. The number of hydrogen-bond acceptors (Lipinski definition) is 2. The van der Waals surface area contributed by atoms with Gasteiger partial charge in [-0.15, -0.1) is 0 Å². The van der Waals surface area contributed by atoms with Crippen molar-refractivity contribution in [3.63, 3.8) is 0 Å². The number of amides is 1. The number of benzene rings is 1. The van der Waals surface area contributed by atoms with Crippen molar-refractivity contribution >= 4 is 12.1 Å². The fourth-order valence-electron chi connectivity index (χ4n) is 1.33. The van der Waals surface area contributed by atoms with Gasteiger partial charge in [0.05, 0.1) is 6.61 Å². The molecule has 1 aliphatic rings. The third-order valence-electron chi connectivity index (χ3n) is 2.11. The van der Waals surface area contributed by atoms with Crippen LogP contribution in [0, 0.1) is 0 Å². The lowest BCUT2D eigenvalue weighted by Crippen LogP contribution is -2.17. The number of nitrogens with zero attached hydrogens (tertiary/aromatic N) is 1. The van der Waals surface area contributed by atoms with Crippen LogP contribution in [0.2, 0.25) is 0 Å². The highest BCUT2D eigenvalue weighted by molar-refractivity contribution is 5.95. The summed E-state index contributed by atoms with van der Waals surface area (Å²) >= 11 is 0. The van der Waals surface area contributed by atoms with E-state index >= 15 is 0 Å². The maximum Gasteiger partial charge on any atom is 0.274 e. The molecule has 0 saturated carbocycles. The Balaban J connectivity index is 1.86. The number of ether oxygens (including phenoxy) is 1. The van der Waals surface area contributed by atoms with Crippen LogP contribution in [-0.2, 0) is 16.1 Å². The van der Waals surface area contributed by atoms with E-state index in [-0.39, 0.29) is 12.0 Å². The van der Waals surface area contributed by atoms with Crippen molar-refractivity contribution in [1.82, 2.24) is 0 Å². The first-order chi connectivity index (χ1) is 6.86. The van der Waals surface area contributed by atoms with E-state index < -0.39 is 0 Å². The summed E-state index contributed by atoms with van der Waals surface area (Å²) in [6.07, 6.45) is 1.85. The maximum atomic E-state index is 11.1. The highest BCUT2D eigenvalue weighted by Crippen LogP contribution is 2.09. The Bertz CT molecular complexity index is 346. The highest BCUT2D eigenvalue weighted by Gasteiger charge is 2.21. The number of hydrogen-bond donors (Lipinski definition) is 0. The summed E-state index contributed by atoms with van der Waals surface area (Å²) in [5.74, 6) is -0.166. The topological polar surface area (TPSA) is 38.7 Å². The minimum atomic E-state index is -0.366. The minimum absolute atomic E-state index is 0.166. The van der Waals surface area contributed by atoms with E-state index in [0.29, 0.717) is 13.0 Å². The molecule has 1 unspecified atom stereocenters.